The Morgan fingerprint density at radius 2 is 2.18 bits per heavy atom. The van der Waals surface area contributed by atoms with E-state index in [9.17, 15) is 4.79 Å². The van der Waals surface area contributed by atoms with E-state index in [2.05, 4.69) is 4.98 Å². The highest BCUT2D eigenvalue weighted by Gasteiger charge is 1.93. The van der Waals surface area contributed by atoms with E-state index in [1.54, 1.807) is 0 Å². The van der Waals surface area contributed by atoms with Gasteiger partial charge in [0.05, 0.1) is 7.11 Å². The monoisotopic (exact) mass is 175 g/mol. The fraction of sp³-hybridized carbons (Fsp3) is 0.286. The van der Waals surface area contributed by atoms with E-state index in [0.717, 1.165) is 0 Å². The van der Waals surface area contributed by atoms with E-state index in [0.29, 0.717) is 5.75 Å². The van der Waals surface area contributed by atoms with Crippen LogP contribution in [0.3, 0.4) is 0 Å². The Hall–Kier alpha value is -0.960. The first kappa shape index (κ1) is 10.0. The number of hydrogen-bond acceptors (Lipinski definition) is 2. The Labute approximate surface area is 70.0 Å². The lowest BCUT2D eigenvalue weighted by Gasteiger charge is -1.96. The molecule has 0 bridgehead atoms. The zero-order chi connectivity index (χ0) is 7.56. The predicted octanol–water partition coefficient (Wildman–Crippen LogP) is 1.67. The van der Waals surface area contributed by atoms with Crippen molar-refractivity contribution in [3.8, 4) is 5.75 Å². The number of aromatic amines is 1. The van der Waals surface area contributed by atoms with Gasteiger partial charge >= 0.3 is 0 Å². The van der Waals surface area contributed by atoms with Crippen LogP contribution in [0.2, 0.25) is 5.15 Å². The maximum absolute atomic E-state index is 10.6. The summed E-state index contributed by atoms with van der Waals surface area (Å²) in [4.78, 5) is 13.0. The van der Waals surface area contributed by atoms with Gasteiger partial charge in [-0.1, -0.05) is 19.0 Å². The minimum absolute atomic E-state index is 0. The molecule has 1 N–H and O–H groups in total. The summed E-state index contributed by atoms with van der Waals surface area (Å²) in [6.07, 6.45) is 0. The number of methoxy groups -OCH3 is 1. The number of nitrogens with one attached hydrogen (secondary N) is 1. The number of aromatic nitrogens is 1. The summed E-state index contributed by atoms with van der Waals surface area (Å²) in [5, 5.41) is 0.282. The van der Waals surface area contributed by atoms with E-state index in [1.165, 1.54) is 19.2 Å². The highest BCUT2D eigenvalue weighted by atomic mass is 35.5. The fourth-order valence-electron chi connectivity index (χ4n) is 0.603. The van der Waals surface area contributed by atoms with Crippen molar-refractivity contribution in [1.82, 2.24) is 4.98 Å². The van der Waals surface area contributed by atoms with Gasteiger partial charge in [-0.25, -0.2) is 0 Å². The Morgan fingerprint density at radius 1 is 1.55 bits per heavy atom. The summed E-state index contributed by atoms with van der Waals surface area (Å²) in [6.45, 7) is 0. The van der Waals surface area contributed by atoms with Crippen LogP contribution in [0.5, 0.6) is 5.75 Å². The van der Waals surface area contributed by atoms with Crippen LogP contribution < -0.4 is 10.3 Å². The van der Waals surface area contributed by atoms with Crippen LogP contribution in [-0.2, 0) is 0 Å². The molecule has 0 unspecified atom stereocenters. The lowest BCUT2D eigenvalue weighted by molar-refractivity contribution is 0.413. The molecule has 4 heteroatoms. The molecular weight excluding hydrogens is 166 g/mol. The molecule has 1 aromatic heterocycles. The van der Waals surface area contributed by atoms with Gasteiger partial charge in [0.1, 0.15) is 10.9 Å². The smallest absolute Gasteiger partial charge is 0.252 e. The third-order valence-electron chi connectivity index (χ3n) is 1.02. The van der Waals surface area contributed by atoms with Crippen LogP contribution in [0.1, 0.15) is 7.43 Å². The normalized spacial score (nSPS) is 8.55. The van der Waals surface area contributed by atoms with Gasteiger partial charge in [-0.3, -0.25) is 4.79 Å². The Kier molecular flexibility index (Phi) is 3.68. The van der Waals surface area contributed by atoms with Crippen LogP contribution >= 0.6 is 11.6 Å². The van der Waals surface area contributed by atoms with Crippen molar-refractivity contribution in [1.29, 1.82) is 0 Å². The summed E-state index contributed by atoms with van der Waals surface area (Å²) in [5.41, 5.74) is -0.260. The molecule has 0 amide bonds. The number of H-pyrrole nitrogens is 1. The molecular formula is C7H10ClNO2. The molecule has 0 saturated carbocycles. The first-order valence-electron chi connectivity index (χ1n) is 2.66. The molecule has 0 aliphatic rings. The molecule has 0 saturated heterocycles. The van der Waals surface area contributed by atoms with Crippen molar-refractivity contribution in [3.63, 3.8) is 0 Å². The first-order chi connectivity index (χ1) is 4.72. The van der Waals surface area contributed by atoms with Crippen molar-refractivity contribution >= 4 is 11.6 Å². The second kappa shape index (κ2) is 4.03. The lowest BCUT2D eigenvalue weighted by Crippen LogP contribution is -2.03. The Morgan fingerprint density at radius 3 is 2.64 bits per heavy atom. The van der Waals surface area contributed by atoms with E-state index >= 15 is 0 Å². The molecule has 1 heterocycles. The molecule has 0 spiro atoms. The van der Waals surface area contributed by atoms with Crippen LogP contribution in [0.4, 0.5) is 0 Å². The Balaban J connectivity index is 0.000001000. The Bertz CT molecular complexity index is 282. The summed E-state index contributed by atoms with van der Waals surface area (Å²) in [7, 11) is 1.48. The predicted molar refractivity (Wildman–Crippen MR) is 45.4 cm³/mol. The van der Waals surface area contributed by atoms with E-state index < -0.39 is 0 Å². The highest BCUT2D eigenvalue weighted by Crippen LogP contribution is 2.10. The summed E-state index contributed by atoms with van der Waals surface area (Å²) in [5.74, 6) is 0.466. The van der Waals surface area contributed by atoms with Crippen LogP contribution in [0, 0.1) is 0 Å². The molecule has 1 aromatic rings. The zero-order valence-corrected chi connectivity index (χ0v) is 6.11. The van der Waals surface area contributed by atoms with Gasteiger partial charge in [0, 0.05) is 12.1 Å². The van der Waals surface area contributed by atoms with Crippen molar-refractivity contribution < 1.29 is 4.74 Å². The number of pyridine rings is 1. The number of ether oxygens (including phenoxy) is 1. The molecule has 0 aromatic carbocycles. The third kappa shape index (κ3) is 2.63. The SMILES string of the molecule is C.COc1cc(Cl)[nH]c(=O)c1. The molecule has 1 rings (SSSR count). The molecule has 62 valence electrons. The quantitative estimate of drug-likeness (QED) is 0.660. The average Bonchev–Trinajstić information content (AvgIpc) is 1.85. The zero-order valence-electron chi connectivity index (χ0n) is 5.35. The first-order valence-corrected chi connectivity index (χ1v) is 3.04. The van der Waals surface area contributed by atoms with E-state index in [1.807, 2.05) is 0 Å². The second-order valence-corrected chi connectivity index (χ2v) is 2.14. The van der Waals surface area contributed by atoms with Gasteiger partial charge in [-0.15, -0.1) is 0 Å². The summed E-state index contributed by atoms with van der Waals surface area (Å²) < 4.78 is 4.77. The number of halogens is 1. The average molecular weight is 176 g/mol. The van der Waals surface area contributed by atoms with Crippen molar-refractivity contribution in [2.45, 2.75) is 7.43 Å². The van der Waals surface area contributed by atoms with Gasteiger partial charge in [-0.2, -0.15) is 0 Å². The highest BCUT2D eigenvalue weighted by molar-refractivity contribution is 6.29. The lowest BCUT2D eigenvalue weighted by atomic mass is 10.4. The molecule has 11 heavy (non-hydrogen) atoms. The van der Waals surface area contributed by atoms with Crippen molar-refractivity contribution in [3.05, 3.63) is 27.6 Å². The van der Waals surface area contributed by atoms with E-state index in [4.69, 9.17) is 16.3 Å². The standard InChI is InChI=1S/C6H6ClNO2.CH4/c1-10-4-2-5(7)8-6(9)3-4;/h2-3H,1H3,(H,8,9);1H4. The van der Waals surface area contributed by atoms with Gasteiger partial charge in [0.15, 0.2) is 0 Å². The number of rotatable bonds is 1. The van der Waals surface area contributed by atoms with Gasteiger partial charge < -0.3 is 9.72 Å². The molecule has 0 aliphatic heterocycles. The fourth-order valence-corrected chi connectivity index (χ4v) is 0.804. The van der Waals surface area contributed by atoms with E-state index in [-0.39, 0.29) is 18.1 Å². The molecule has 0 atom stereocenters. The summed E-state index contributed by atoms with van der Waals surface area (Å²) in [6, 6.07) is 2.86. The van der Waals surface area contributed by atoms with Gasteiger partial charge in [0.2, 0.25) is 0 Å². The maximum Gasteiger partial charge on any atom is 0.252 e. The van der Waals surface area contributed by atoms with Crippen LogP contribution in [0.15, 0.2) is 16.9 Å². The van der Waals surface area contributed by atoms with Crippen molar-refractivity contribution in [2.24, 2.45) is 0 Å². The van der Waals surface area contributed by atoms with Crippen molar-refractivity contribution in [2.75, 3.05) is 7.11 Å². The second-order valence-electron chi connectivity index (χ2n) is 1.73. The molecule has 0 fully saturated rings. The third-order valence-corrected chi connectivity index (χ3v) is 1.22. The minimum atomic E-state index is -0.260. The molecule has 0 aliphatic carbocycles. The maximum atomic E-state index is 10.6. The molecule has 0 radical (unpaired) electrons. The minimum Gasteiger partial charge on any atom is -0.496 e. The summed E-state index contributed by atoms with van der Waals surface area (Å²) >= 11 is 5.49. The molecule has 3 nitrogen and oxygen atoms in total. The van der Waals surface area contributed by atoms with Gasteiger partial charge in [0.25, 0.3) is 5.56 Å². The van der Waals surface area contributed by atoms with Crippen LogP contribution in [0.25, 0.3) is 0 Å². The van der Waals surface area contributed by atoms with Gasteiger partial charge in [-0.05, 0) is 0 Å². The largest absolute Gasteiger partial charge is 0.496 e. The topological polar surface area (TPSA) is 42.1 Å². The number of hydrogen-bond donors (Lipinski definition) is 1. The van der Waals surface area contributed by atoms with Crippen LogP contribution in [-0.4, -0.2) is 12.1 Å².